The van der Waals surface area contributed by atoms with Crippen LogP contribution in [0.2, 0.25) is 0 Å². The zero-order chi connectivity index (χ0) is 12.8. The molecule has 0 bridgehead atoms. The third kappa shape index (κ3) is 4.02. The first-order chi connectivity index (χ1) is 8.08. The van der Waals surface area contributed by atoms with E-state index in [9.17, 15) is 5.11 Å². The number of aliphatic hydroxyl groups excluding tert-OH is 1. The molecule has 3 N–H and O–H groups in total. The van der Waals surface area contributed by atoms with Crippen LogP contribution >= 0.6 is 0 Å². The molecule has 1 aromatic rings. The lowest BCUT2D eigenvalue weighted by Crippen LogP contribution is -2.23. The molecule has 0 saturated carbocycles. The second kappa shape index (κ2) is 6.62. The second-order valence-electron chi connectivity index (χ2n) is 4.61. The SMILES string of the molecule is CCC(CO)C(N)c1ccc(OC(C)C)cc1. The molecule has 0 saturated heterocycles. The number of ether oxygens (including phenoxy) is 1. The van der Waals surface area contributed by atoms with Gasteiger partial charge in [-0.05, 0) is 38.0 Å². The molecule has 2 atom stereocenters. The van der Waals surface area contributed by atoms with Gasteiger partial charge in [0.2, 0.25) is 0 Å². The minimum Gasteiger partial charge on any atom is -0.491 e. The molecule has 0 radical (unpaired) electrons. The Kier molecular flexibility index (Phi) is 5.45. The molecule has 0 spiro atoms. The number of aliphatic hydroxyl groups is 1. The van der Waals surface area contributed by atoms with Crippen molar-refractivity contribution < 1.29 is 9.84 Å². The Labute approximate surface area is 104 Å². The van der Waals surface area contributed by atoms with Gasteiger partial charge in [0.15, 0.2) is 0 Å². The van der Waals surface area contributed by atoms with Crippen molar-refractivity contribution in [2.24, 2.45) is 11.7 Å². The van der Waals surface area contributed by atoms with Crippen molar-refractivity contribution in [2.45, 2.75) is 39.3 Å². The summed E-state index contributed by atoms with van der Waals surface area (Å²) in [7, 11) is 0. The molecule has 1 aromatic carbocycles. The van der Waals surface area contributed by atoms with E-state index in [1.165, 1.54) is 0 Å². The van der Waals surface area contributed by atoms with Gasteiger partial charge in [0, 0.05) is 18.6 Å². The van der Waals surface area contributed by atoms with Crippen LogP contribution in [0.1, 0.15) is 38.8 Å². The summed E-state index contributed by atoms with van der Waals surface area (Å²) in [6, 6.07) is 7.69. The summed E-state index contributed by atoms with van der Waals surface area (Å²) in [5.74, 6) is 0.972. The maximum Gasteiger partial charge on any atom is 0.119 e. The molecule has 0 heterocycles. The zero-order valence-corrected chi connectivity index (χ0v) is 10.9. The molecule has 0 amide bonds. The van der Waals surface area contributed by atoms with Crippen LogP contribution in [0.4, 0.5) is 0 Å². The largest absolute Gasteiger partial charge is 0.491 e. The lowest BCUT2D eigenvalue weighted by atomic mass is 9.92. The Morgan fingerprint density at radius 2 is 1.82 bits per heavy atom. The maximum absolute atomic E-state index is 9.23. The van der Waals surface area contributed by atoms with Crippen LogP contribution in [-0.4, -0.2) is 17.8 Å². The Hall–Kier alpha value is -1.06. The quantitative estimate of drug-likeness (QED) is 0.799. The van der Waals surface area contributed by atoms with Crippen LogP contribution in [0, 0.1) is 5.92 Å². The number of nitrogens with two attached hydrogens (primary N) is 1. The predicted molar refractivity (Wildman–Crippen MR) is 70.0 cm³/mol. The molecule has 0 aromatic heterocycles. The topological polar surface area (TPSA) is 55.5 Å². The Morgan fingerprint density at radius 3 is 2.24 bits per heavy atom. The van der Waals surface area contributed by atoms with Gasteiger partial charge in [-0.15, -0.1) is 0 Å². The molecule has 3 heteroatoms. The van der Waals surface area contributed by atoms with E-state index in [4.69, 9.17) is 10.5 Å². The lowest BCUT2D eigenvalue weighted by molar-refractivity contribution is 0.200. The summed E-state index contributed by atoms with van der Waals surface area (Å²) in [4.78, 5) is 0. The third-order valence-corrected chi connectivity index (χ3v) is 2.90. The molecule has 0 aliphatic carbocycles. The molecular formula is C14H23NO2. The van der Waals surface area contributed by atoms with E-state index >= 15 is 0 Å². The lowest BCUT2D eigenvalue weighted by Gasteiger charge is -2.21. The van der Waals surface area contributed by atoms with Crippen LogP contribution < -0.4 is 10.5 Å². The van der Waals surface area contributed by atoms with Crippen LogP contribution in [0.3, 0.4) is 0 Å². The first-order valence-corrected chi connectivity index (χ1v) is 6.21. The second-order valence-corrected chi connectivity index (χ2v) is 4.61. The first-order valence-electron chi connectivity index (χ1n) is 6.21. The highest BCUT2D eigenvalue weighted by molar-refractivity contribution is 5.29. The summed E-state index contributed by atoms with van der Waals surface area (Å²) in [5.41, 5.74) is 7.15. The van der Waals surface area contributed by atoms with E-state index in [2.05, 4.69) is 0 Å². The normalized spacial score (nSPS) is 14.7. The highest BCUT2D eigenvalue weighted by Gasteiger charge is 2.16. The van der Waals surface area contributed by atoms with Crippen LogP contribution in [0.15, 0.2) is 24.3 Å². The number of hydrogen-bond acceptors (Lipinski definition) is 3. The molecule has 2 unspecified atom stereocenters. The van der Waals surface area contributed by atoms with Gasteiger partial charge in [-0.3, -0.25) is 0 Å². The van der Waals surface area contributed by atoms with Gasteiger partial charge < -0.3 is 15.6 Å². The van der Waals surface area contributed by atoms with Crippen LogP contribution in [0.5, 0.6) is 5.75 Å². The molecular weight excluding hydrogens is 214 g/mol. The van der Waals surface area contributed by atoms with Gasteiger partial charge in [0.25, 0.3) is 0 Å². The van der Waals surface area contributed by atoms with Gasteiger partial charge in [0.1, 0.15) is 5.75 Å². The molecule has 1 rings (SSSR count). The average Bonchev–Trinajstić information content (AvgIpc) is 2.30. The van der Waals surface area contributed by atoms with E-state index in [1.807, 2.05) is 45.0 Å². The van der Waals surface area contributed by atoms with Crippen molar-refractivity contribution in [1.29, 1.82) is 0 Å². The number of rotatable bonds is 6. The van der Waals surface area contributed by atoms with E-state index in [1.54, 1.807) is 0 Å². The summed E-state index contributed by atoms with van der Waals surface area (Å²) >= 11 is 0. The van der Waals surface area contributed by atoms with Crippen molar-refractivity contribution in [1.82, 2.24) is 0 Å². The minimum absolute atomic E-state index is 0.113. The Balaban J connectivity index is 2.72. The fourth-order valence-corrected chi connectivity index (χ4v) is 1.81. The van der Waals surface area contributed by atoms with Gasteiger partial charge in [0.05, 0.1) is 6.10 Å². The van der Waals surface area contributed by atoms with Gasteiger partial charge in [-0.2, -0.15) is 0 Å². The third-order valence-electron chi connectivity index (χ3n) is 2.90. The minimum atomic E-state index is -0.113. The molecule has 0 fully saturated rings. The van der Waals surface area contributed by atoms with Gasteiger partial charge >= 0.3 is 0 Å². The predicted octanol–water partition coefficient (Wildman–Crippen LogP) is 2.49. The van der Waals surface area contributed by atoms with Crippen molar-refractivity contribution >= 4 is 0 Å². The van der Waals surface area contributed by atoms with E-state index in [0.717, 1.165) is 17.7 Å². The Morgan fingerprint density at radius 1 is 1.24 bits per heavy atom. The maximum atomic E-state index is 9.23. The molecule has 96 valence electrons. The average molecular weight is 237 g/mol. The van der Waals surface area contributed by atoms with Crippen LogP contribution in [-0.2, 0) is 0 Å². The summed E-state index contributed by atoms with van der Waals surface area (Å²) in [6.45, 7) is 6.16. The molecule has 17 heavy (non-hydrogen) atoms. The standard InChI is InChI=1S/C14H23NO2/c1-4-11(9-16)14(15)12-5-7-13(8-6-12)17-10(2)3/h5-8,10-11,14,16H,4,9,15H2,1-3H3. The van der Waals surface area contributed by atoms with Crippen LogP contribution in [0.25, 0.3) is 0 Å². The monoisotopic (exact) mass is 237 g/mol. The smallest absolute Gasteiger partial charge is 0.119 e. The van der Waals surface area contributed by atoms with Crippen molar-refractivity contribution in [3.05, 3.63) is 29.8 Å². The fourth-order valence-electron chi connectivity index (χ4n) is 1.81. The van der Waals surface area contributed by atoms with Crippen molar-refractivity contribution in [2.75, 3.05) is 6.61 Å². The molecule has 3 nitrogen and oxygen atoms in total. The number of benzene rings is 1. The summed E-state index contributed by atoms with van der Waals surface area (Å²) in [5, 5.41) is 9.23. The van der Waals surface area contributed by atoms with Gasteiger partial charge in [-0.1, -0.05) is 19.1 Å². The van der Waals surface area contributed by atoms with Crippen molar-refractivity contribution in [3.63, 3.8) is 0 Å². The van der Waals surface area contributed by atoms with E-state index < -0.39 is 0 Å². The van der Waals surface area contributed by atoms with Crippen molar-refractivity contribution in [3.8, 4) is 5.75 Å². The molecule has 0 aliphatic rings. The zero-order valence-electron chi connectivity index (χ0n) is 10.9. The Bertz CT molecular complexity index is 317. The van der Waals surface area contributed by atoms with E-state index in [-0.39, 0.29) is 24.7 Å². The summed E-state index contributed by atoms with van der Waals surface area (Å²) in [6.07, 6.45) is 1.05. The fraction of sp³-hybridized carbons (Fsp3) is 0.571. The highest BCUT2D eigenvalue weighted by atomic mass is 16.5. The van der Waals surface area contributed by atoms with Gasteiger partial charge in [-0.25, -0.2) is 0 Å². The first kappa shape index (κ1) is 14.0. The summed E-state index contributed by atoms with van der Waals surface area (Å²) < 4.78 is 5.57. The van der Waals surface area contributed by atoms with E-state index in [0.29, 0.717) is 0 Å². The number of hydrogen-bond donors (Lipinski definition) is 2. The molecule has 0 aliphatic heterocycles. The highest BCUT2D eigenvalue weighted by Crippen LogP contribution is 2.24.